The zero-order chi connectivity index (χ0) is 18.6. The molecule has 0 saturated carbocycles. The summed E-state index contributed by atoms with van der Waals surface area (Å²) >= 11 is 6.08. The van der Waals surface area contributed by atoms with E-state index in [1.54, 1.807) is 48.7 Å². The zero-order valence-corrected chi connectivity index (χ0v) is 15.5. The van der Waals surface area contributed by atoms with Gasteiger partial charge in [-0.1, -0.05) is 35.9 Å². The van der Waals surface area contributed by atoms with Gasteiger partial charge in [0.05, 0.1) is 5.69 Å². The van der Waals surface area contributed by atoms with Crippen LogP contribution < -0.4 is 4.18 Å². The average molecular weight is 386 g/mol. The van der Waals surface area contributed by atoms with Crippen LogP contribution in [0, 0.1) is 6.92 Å². The minimum Gasteiger partial charge on any atom is -0.379 e. The molecular weight excluding hydrogens is 370 g/mol. The van der Waals surface area contributed by atoms with Crippen molar-refractivity contribution >= 4 is 33.6 Å². The van der Waals surface area contributed by atoms with E-state index in [0.29, 0.717) is 5.02 Å². The summed E-state index contributed by atoms with van der Waals surface area (Å²) in [6, 6.07) is 20.2. The van der Waals surface area contributed by atoms with Gasteiger partial charge in [-0.25, -0.2) is 0 Å². The van der Waals surface area contributed by atoms with Crippen LogP contribution in [-0.2, 0) is 10.1 Å². The molecule has 0 unspecified atom stereocenters. The highest BCUT2D eigenvalue weighted by molar-refractivity contribution is 7.87. The topological polar surface area (TPSA) is 55.7 Å². The minimum atomic E-state index is -3.84. The average Bonchev–Trinajstić information content (AvgIpc) is 2.65. The lowest BCUT2D eigenvalue weighted by molar-refractivity contribution is 0.486. The quantitative estimate of drug-likeness (QED) is 0.450. The summed E-state index contributed by atoms with van der Waals surface area (Å²) in [5, 5.41) is 0.662. The summed E-state index contributed by atoms with van der Waals surface area (Å²) in [6.45, 7) is 1.90. The molecule has 0 heterocycles. The monoisotopic (exact) mass is 385 g/mol. The summed E-state index contributed by atoms with van der Waals surface area (Å²) in [4.78, 5) is 4.53. The van der Waals surface area contributed by atoms with E-state index in [-0.39, 0.29) is 10.6 Å². The number of halogens is 1. The van der Waals surface area contributed by atoms with E-state index >= 15 is 0 Å². The molecule has 132 valence electrons. The Morgan fingerprint density at radius 1 is 0.923 bits per heavy atom. The van der Waals surface area contributed by atoms with Crippen molar-refractivity contribution in [2.24, 2.45) is 4.99 Å². The summed E-state index contributed by atoms with van der Waals surface area (Å²) < 4.78 is 29.6. The normalized spacial score (nSPS) is 11.6. The third kappa shape index (κ3) is 4.31. The molecule has 0 amide bonds. The summed E-state index contributed by atoms with van der Waals surface area (Å²) in [7, 11) is -3.84. The Morgan fingerprint density at radius 3 is 2.31 bits per heavy atom. The first kappa shape index (κ1) is 18.2. The summed E-state index contributed by atoms with van der Waals surface area (Å²) in [5.74, 6) is 0.241. The van der Waals surface area contributed by atoms with Gasteiger partial charge in [-0.2, -0.15) is 8.42 Å². The first-order valence-electron chi connectivity index (χ1n) is 7.84. The van der Waals surface area contributed by atoms with Crippen LogP contribution in [0.3, 0.4) is 0 Å². The van der Waals surface area contributed by atoms with E-state index in [1.807, 2.05) is 25.1 Å². The second kappa shape index (κ2) is 7.72. The maximum atomic E-state index is 12.2. The number of hydrogen-bond donors (Lipinski definition) is 0. The van der Waals surface area contributed by atoms with Crippen molar-refractivity contribution < 1.29 is 12.6 Å². The summed E-state index contributed by atoms with van der Waals surface area (Å²) in [5.41, 5.74) is 2.50. The van der Waals surface area contributed by atoms with Gasteiger partial charge in [-0.15, -0.1) is 0 Å². The first-order chi connectivity index (χ1) is 12.5. The minimum absolute atomic E-state index is 0.113. The molecule has 0 spiro atoms. The van der Waals surface area contributed by atoms with Crippen molar-refractivity contribution in [1.29, 1.82) is 0 Å². The molecule has 26 heavy (non-hydrogen) atoms. The number of nitrogens with zero attached hydrogens (tertiary/aromatic N) is 1. The number of rotatable bonds is 5. The van der Waals surface area contributed by atoms with Gasteiger partial charge in [0.2, 0.25) is 0 Å². The van der Waals surface area contributed by atoms with Crippen molar-refractivity contribution in [3.63, 3.8) is 0 Å². The Balaban J connectivity index is 1.75. The Kier molecular flexibility index (Phi) is 5.40. The van der Waals surface area contributed by atoms with Crippen LogP contribution in [0.15, 0.2) is 82.7 Å². The fraction of sp³-hybridized carbons (Fsp3) is 0.0500. The van der Waals surface area contributed by atoms with Crippen LogP contribution in [0.5, 0.6) is 5.75 Å². The zero-order valence-electron chi connectivity index (χ0n) is 14.0. The molecule has 0 N–H and O–H groups in total. The molecule has 3 rings (SSSR count). The molecule has 0 aromatic heterocycles. The smallest absolute Gasteiger partial charge is 0.339 e. The van der Waals surface area contributed by atoms with E-state index in [0.717, 1.165) is 16.8 Å². The maximum absolute atomic E-state index is 12.2. The van der Waals surface area contributed by atoms with Gasteiger partial charge >= 0.3 is 10.1 Å². The molecule has 0 bridgehead atoms. The van der Waals surface area contributed by atoms with Crippen molar-refractivity contribution in [2.45, 2.75) is 11.8 Å². The van der Waals surface area contributed by atoms with Gasteiger partial charge in [-0.05, 0) is 66.6 Å². The fourth-order valence-electron chi connectivity index (χ4n) is 2.25. The van der Waals surface area contributed by atoms with E-state index in [2.05, 4.69) is 4.99 Å². The molecule has 4 nitrogen and oxygen atoms in total. The Bertz CT molecular complexity index is 1030. The Labute approximate surface area is 157 Å². The lowest BCUT2D eigenvalue weighted by Crippen LogP contribution is -2.09. The largest absolute Gasteiger partial charge is 0.379 e. The van der Waals surface area contributed by atoms with Crippen LogP contribution in [0.4, 0.5) is 5.69 Å². The van der Waals surface area contributed by atoms with E-state index < -0.39 is 10.1 Å². The lowest BCUT2D eigenvalue weighted by Gasteiger charge is -2.07. The molecule has 0 aliphatic heterocycles. The van der Waals surface area contributed by atoms with Crippen molar-refractivity contribution in [3.05, 3.63) is 88.9 Å². The molecule has 0 fully saturated rings. The van der Waals surface area contributed by atoms with Crippen LogP contribution in [0.25, 0.3) is 0 Å². The summed E-state index contributed by atoms with van der Waals surface area (Å²) in [6.07, 6.45) is 1.69. The second-order valence-corrected chi connectivity index (χ2v) is 7.52. The van der Waals surface area contributed by atoms with E-state index in [4.69, 9.17) is 15.8 Å². The third-order valence-corrected chi connectivity index (χ3v) is 5.38. The van der Waals surface area contributed by atoms with E-state index in [9.17, 15) is 8.42 Å². The molecule has 0 saturated heterocycles. The highest BCUT2D eigenvalue weighted by atomic mass is 35.5. The van der Waals surface area contributed by atoms with Gasteiger partial charge in [0, 0.05) is 11.2 Å². The molecule has 3 aromatic carbocycles. The van der Waals surface area contributed by atoms with Gasteiger partial charge in [0.1, 0.15) is 10.6 Å². The molecular formula is C20H16ClNO3S. The number of aliphatic imine (C=N–C) groups is 1. The van der Waals surface area contributed by atoms with Crippen LogP contribution >= 0.6 is 11.6 Å². The fourth-order valence-corrected chi connectivity index (χ4v) is 3.37. The van der Waals surface area contributed by atoms with Gasteiger partial charge in [0.25, 0.3) is 0 Å². The molecule has 0 radical (unpaired) electrons. The maximum Gasteiger partial charge on any atom is 0.339 e. The highest BCUT2D eigenvalue weighted by Gasteiger charge is 2.15. The van der Waals surface area contributed by atoms with Gasteiger partial charge in [-0.3, -0.25) is 4.99 Å². The van der Waals surface area contributed by atoms with Gasteiger partial charge in [0.15, 0.2) is 0 Å². The van der Waals surface area contributed by atoms with Crippen LogP contribution in [0.2, 0.25) is 5.02 Å². The molecule has 6 heteroatoms. The van der Waals surface area contributed by atoms with E-state index in [1.165, 1.54) is 12.1 Å². The molecule has 0 aliphatic carbocycles. The van der Waals surface area contributed by atoms with Crippen molar-refractivity contribution in [1.82, 2.24) is 0 Å². The highest BCUT2D eigenvalue weighted by Crippen LogP contribution is 2.25. The predicted octanol–water partition coefficient (Wildman–Crippen LogP) is 5.17. The molecule has 0 atom stereocenters. The standard InChI is InChI=1S/C20H16ClNO3S/c1-15-19(21)8-5-9-20(15)22-14-16-10-12-17(13-11-16)25-26(23,24)18-6-3-2-4-7-18/h2-14H,1H3. The third-order valence-electron chi connectivity index (χ3n) is 3.71. The molecule has 3 aromatic rings. The Hall–Kier alpha value is -2.63. The van der Waals surface area contributed by atoms with Gasteiger partial charge < -0.3 is 4.18 Å². The molecule has 0 aliphatic rings. The van der Waals surface area contributed by atoms with Crippen LogP contribution in [-0.4, -0.2) is 14.6 Å². The second-order valence-electron chi connectivity index (χ2n) is 5.56. The van der Waals surface area contributed by atoms with Crippen molar-refractivity contribution in [2.75, 3.05) is 0 Å². The SMILES string of the molecule is Cc1c(Cl)cccc1N=Cc1ccc(OS(=O)(=O)c2ccccc2)cc1. The number of benzene rings is 3. The van der Waals surface area contributed by atoms with Crippen LogP contribution in [0.1, 0.15) is 11.1 Å². The Morgan fingerprint density at radius 2 is 1.62 bits per heavy atom. The number of hydrogen-bond acceptors (Lipinski definition) is 4. The lowest BCUT2D eigenvalue weighted by atomic mass is 10.2. The predicted molar refractivity (Wildman–Crippen MR) is 104 cm³/mol. The first-order valence-corrected chi connectivity index (χ1v) is 9.63. The van der Waals surface area contributed by atoms with Crippen molar-refractivity contribution in [3.8, 4) is 5.75 Å².